The molecule has 1 aromatic heterocycles. The molecule has 0 unspecified atom stereocenters. The maximum atomic E-state index is 4.44. The van der Waals surface area contributed by atoms with Crippen molar-refractivity contribution in [1.82, 2.24) is 4.98 Å². The van der Waals surface area contributed by atoms with E-state index < -0.39 is 0 Å². The van der Waals surface area contributed by atoms with Crippen LogP contribution in [0.15, 0.2) is 30.3 Å². The van der Waals surface area contributed by atoms with E-state index in [0.29, 0.717) is 0 Å². The molecule has 1 heterocycles. The molecule has 2 rings (SSSR count). The van der Waals surface area contributed by atoms with Crippen LogP contribution in [-0.2, 0) is 0 Å². The lowest BCUT2D eigenvalue weighted by molar-refractivity contribution is 1.25. The highest BCUT2D eigenvalue weighted by molar-refractivity contribution is 5.81. The Bertz CT molecular complexity index is 419. The topological polar surface area (TPSA) is 12.9 Å². The average molecular weight is 217 g/mol. The molecule has 2 aromatic rings. The molecule has 0 N–H and O–H groups in total. The zero-order chi connectivity index (χ0) is 12.6. The van der Waals surface area contributed by atoms with Gasteiger partial charge in [0, 0.05) is 11.1 Å². The van der Waals surface area contributed by atoms with Gasteiger partial charge in [-0.2, -0.15) is 0 Å². The summed E-state index contributed by atoms with van der Waals surface area (Å²) in [5, 5.41) is 1.25. The Morgan fingerprint density at radius 2 is 1.44 bits per heavy atom. The van der Waals surface area contributed by atoms with E-state index in [2.05, 4.69) is 36.2 Å². The SMILES string of the molecule is CC.CC.Cc1ccc2c(C)cccc2n1. The molecule has 16 heavy (non-hydrogen) atoms. The van der Waals surface area contributed by atoms with Gasteiger partial charge in [-0.25, -0.2) is 0 Å². The third-order valence-corrected chi connectivity index (χ3v) is 2.09. The Morgan fingerprint density at radius 1 is 0.812 bits per heavy atom. The molecular formula is C15H23N. The first kappa shape index (κ1) is 14.6. The highest BCUT2D eigenvalue weighted by atomic mass is 14.7. The number of aromatic nitrogens is 1. The minimum atomic E-state index is 1.08. The van der Waals surface area contributed by atoms with E-state index in [1.165, 1.54) is 10.9 Å². The third kappa shape index (κ3) is 3.65. The van der Waals surface area contributed by atoms with Crippen molar-refractivity contribution in [3.8, 4) is 0 Å². The minimum Gasteiger partial charge on any atom is -0.253 e. The first-order chi connectivity index (χ1) is 7.77. The van der Waals surface area contributed by atoms with Crippen LogP contribution < -0.4 is 0 Å². The molecule has 1 nitrogen and oxygen atoms in total. The molecule has 1 aromatic carbocycles. The zero-order valence-electron chi connectivity index (χ0n) is 11.3. The van der Waals surface area contributed by atoms with Crippen LogP contribution in [0.4, 0.5) is 0 Å². The number of fused-ring (bicyclic) bond motifs is 1. The summed E-state index contributed by atoms with van der Waals surface area (Å²) in [6, 6.07) is 10.4. The predicted molar refractivity (Wildman–Crippen MR) is 73.9 cm³/mol. The lowest BCUT2D eigenvalue weighted by Crippen LogP contribution is -1.84. The van der Waals surface area contributed by atoms with Gasteiger partial charge in [-0.15, -0.1) is 0 Å². The number of pyridine rings is 1. The molecule has 0 saturated heterocycles. The summed E-state index contributed by atoms with van der Waals surface area (Å²) in [6.07, 6.45) is 0. The van der Waals surface area contributed by atoms with E-state index in [4.69, 9.17) is 0 Å². The van der Waals surface area contributed by atoms with E-state index >= 15 is 0 Å². The summed E-state index contributed by atoms with van der Waals surface area (Å²) in [6.45, 7) is 12.1. The Balaban J connectivity index is 0.000000509. The Hall–Kier alpha value is -1.37. The summed E-state index contributed by atoms with van der Waals surface area (Å²) in [4.78, 5) is 4.44. The standard InChI is InChI=1S/C11H11N.2C2H6/c1-8-4-3-5-11-10(8)7-6-9(2)12-11;2*1-2/h3-7H,1-2H3;2*1-2H3. The monoisotopic (exact) mass is 217 g/mol. The Morgan fingerprint density at radius 3 is 2.06 bits per heavy atom. The number of rotatable bonds is 0. The highest BCUT2D eigenvalue weighted by Gasteiger charge is 1.96. The van der Waals surface area contributed by atoms with Gasteiger partial charge in [0.1, 0.15) is 0 Å². The molecule has 0 radical (unpaired) electrons. The molecule has 0 amide bonds. The Kier molecular flexibility index (Phi) is 7.19. The number of hydrogen-bond acceptors (Lipinski definition) is 1. The fraction of sp³-hybridized carbons (Fsp3) is 0.400. The number of hydrogen-bond donors (Lipinski definition) is 0. The molecule has 0 bridgehead atoms. The molecule has 0 fully saturated rings. The van der Waals surface area contributed by atoms with E-state index in [1.807, 2.05) is 40.7 Å². The van der Waals surface area contributed by atoms with Crippen LogP contribution in [-0.4, -0.2) is 4.98 Å². The van der Waals surface area contributed by atoms with Crippen molar-refractivity contribution < 1.29 is 0 Å². The van der Waals surface area contributed by atoms with Gasteiger partial charge in [-0.05, 0) is 31.5 Å². The van der Waals surface area contributed by atoms with E-state index in [0.717, 1.165) is 11.2 Å². The zero-order valence-corrected chi connectivity index (χ0v) is 11.3. The molecule has 0 aliphatic carbocycles. The van der Waals surface area contributed by atoms with Gasteiger partial charge in [-0.1, -0.05) is 45.9 Å². The fourth-order valence-corrected chi connectivity index (χ4v) is 1.41. The van der Waals surface area contributed by atoms with E-state index in [-0.39, 0.29) is 0 Å². The van der Waals surface area contributed by atoms with Crippen molar-refractivity contribution in [2.75, 3.05) is 0 Å². The molecule has 1 heteroatoms. The summed E-state index contributed by atoms with van der Waals surface area (Å²) in [5.74, 6) is 0. The summed E-state index contributed by atoms with van der Waals surface area (Å²) in [5.41, 5.74) is 3.46. The van der Waals surface area contributed by atoms with Gasteiger partial charge in [0.15, 0.2) is 0 Å². The van der Waals surface area contributed by atoms with Crippen LogP contribution in [0, 0.1) is 13.8 Å². The van der Waals surface area contributed by atoms with Crippen molar-refractivity contribution in [2.45, 2.75) is 41.5 Å². The maximum absolute atomic E-state index is 4.44. The lowest BCUT2D eigenvalue weighted by atomic mass is 10.1. The number of nitrogens with zero attached hydrogens (tertiary/aromatic N) is 1. The van der Waals surface area contributed by atoms with Crippen LogP contribution in [0.25, 0.3) is 10.9 Å². The molecule has 88 valence electrons. The third-order valence-electron chi connectivity index (χ3n) is 2.09. The maximum Gasteiger partial charge on any atom is 0.0707 e. The molecule has 0 aliphatic rings. The van der Waals surface area contributed by atoms with Crippen molar-refractivity contribution in [3.63, 3.8) is 0 Å². The first-order valence-corrected chi connectivity index (χ1v) is 6.10. The van der Waals surface area contributed by atoms with Crippen LogP contribution >= 0.6 is 0 Å². The quantitative estimate of drug-likeness (QED) is 0.611. The van der Waals surface area contributed by atoms with Crippen molar-refractivity contribution in [3.05, 3.63) is 41.6 Å². The van der Waals surface area contributed by atoms with Crippen molar-refractivity contribution in [1.29, 1.82) is 0 Å². The summed E-state index contributed by atoms with van der Waals surface area (Å²) >= 11 is 0. The first-order valence-electron chi connectivity index (χ1n) is 6.10. The molecule has 0 aliphatic heterocycles. The molecule has 0 atom stereocenters. The molecular weight excluding hydrogens is 194 g/mol. The second-order valence-electron chi connectivity index (χ2n) is 3.09. The summed E-state index contributed by atoms with van der Waals surface area (Å²) in [7, 11) is 0. The lowest BCUT2D eigenvalue weighted by Gasteiger charge is -2.00. The highest BCUT2D eigenvalue weighted by Crippen LogP contribution is 2.15. The average Bonchev–Trinajstić information content (AvgIpc) is 2.34. The van der Waals surface area contributed by atoms with E-state index in [1.54, 1.807) is 0 Å². The normalized spacial score (nSPS) is 8.62. The second kappa shape index (κ2) is 7.86. The van der Waals surface area contributed by atoms with Gasteiger partial charge in [0.2, 0.25) is 0 Å². The smallest absolute Gasteiger partial charge is 0.0707 e. The van der Waals surface area contributed by atoms with Gasteiger partial charge in [-0.3, -0.25) is 4.98 Å². The van der Waals surface area contributed by atoms with Crippen LogP contribution in [0.5, 0.6) is 0 Å². The van der Waals surface area contributed by atoms with E-state index in [9.17, 15) is 0 Å². The van der Waals surface area contributed by atoms with Gasteiger partial charge in [0.25, 0.3) is 0 Å². The van der Waals surface area contributed by atoms with Crippen molar-refractivity contribution >= 4 is 10.9 Å². The van der Waals surface area contributed by atoms with Gasteiger partial charge < -0.3 is 0 Å². The predicted octanol–water partition coefficient (Wildman–Crippen LogP) is 4.90. The van der Waals surface area contributed by atoms with Crippen LogP contribution in [0.1, 0.15) is 39.0 Å². The van der Waals surface area contributed by atoms with Crippen molar-refractivity contribution in [2.24, 2.45) is 0 Å². The van der Waals surface area contributed by atoms with Gasteiger partial charge >= 0.3 is 0 Å². The van der Waals surface area contributed by atoms with Crippen LogP contribution in [0.2, 0.25) is 0 Å². The molecule has 0 spiro atoms. The molecule has 0 saturated carbocycles. The summed E-state index contributed by atoms with van der Waals surface area (Å²) < 4.78 is 0. The minimum absolute atomic E-state index is 1.08. The Labute approximate surface area is 99.5 Å². The largest absolute Gasteiger partial charge is 0.253 e. The van der Waals surface area contributed by atoms with Crippen LogP contribution in [0.3, 0.4) is 0 Å². The second-order valence-corrected chi connectivity index (χ2v) is 3.09. The number of aryl methyl sites for hydroxylation is 2. The van der Waals surface area contributed by atoms with Gasteiger partial charge in [0.05, 0.1) is 5.52 Å². The number of benzene rings is 1. The fourth-order valence-electron chi connectivity index (χ4n) is 1.41.